The lowest BCUT2D eigenvalue weighted by atomic mass is 10.2. The highest BCUT2D eigenvalue weighted by Crippen LogP contribution is 2.75. The zero-order valence-corrected chi connectivity index (χ0v) is 12.8. The molecule has 6 rings (SSSR count). The number of ether oxygens (including phenoxy) is 1. The zero-order chi connectivity index (χ0) is 15.6. The van der Waals surface area contributed by atoms with Crippen molar-refractivity contribution in [2.24, 2.45) is 17.8 Å². The molecule has 2 aromatic rings. The number of nitrogens with zero attached hydrogens (tertiary/aromatic N) is 5. The van der Waals surface area contributed by atoms with Crippen LogP contribution in [0.3, 0.4) is 0 Å². The van der Waals surface area contributed by atoms with Crippen molar-refractivity contribution in [3.8, 4) is 0 Å². The number of aromatic nitrogens is 4. The van der Waals surface area contributed by atoms with Crippen LogP contribution in [-0.2, 0) is 11.3 Å². The number of fused-ring (bicyclic) bond motifs is 1. The molecule has 23 heavy (non-hydrogen) atoms. The fraction of sp³-hybridized carbons (Fsp3) is 0.500. The van der Waals surface area contributed by atoms with Gasteiger partial charge in [-0.2, -0.15) is 5.10 Å². The van der Waals surface area contributed by atoms with Crippen molar-refractivity contribution >= 4 is 11.9 Å². The minimum Gasteiger partial charge on any atom is -0.462 e. The molecule has 4 fully saturated rings. The SMILES string of the molecule is CCOC(=O)c1cnn(Cc2cnc(N3CC4C5C4C53)nc2)c1. The molecule has 2 bridgehead atoms. The Hall–Kier alpha value is -2.44. The van der Waals surface area contributed by atoms with Gasteiger partial charge in [0.25, 0.3) is 0 Å². The molecule has 118 valence electrons. The average Bonchev–Trinajstić information content (AvgIpc) is 3.22. The Kier molecular flexibility index (Phi) is 2.57. The molecule has 7 nitrogen and oxygen atoms in total. The van der Waals surface area contributed by atoms with Gasteiger partial charge in [0.2, 0.25) is 5.95 Å². The molecule has 2 atom stereocenters. The lowest BCUT2D eigenvalue weighted by Gasteiger charge is -2.15. The number of hydrogen-bond acceptors (Lipinski definition) is 6. The predicted octanol–water partition coefficient (Wildman–Crippen LogP) is 0.962. The van der Waals surface area contributed by atoms with Crippen molar-refractivity contribution < 1.29 is 9.53 Å². The van der Waals surface area contributed by atoms with Gasteiger partial charge in [-0.1, -0.05) is 0 Å². The molecule has 2 saturated carbocycles. The van der Waals surface area contributed by atoms with Crippen molar-refractivity contribution in [2.75, 3.05) is 18.1 Å². The lowest BCUT2D eigenvalue weighted by molar-refractivity contribution is 0.0526. The Morgan fingerprint density at radius 1 is 1.30 bits per heavy atom. The van der Waals surface area contributed by atoms with Crippen LogP contribution in [0.1, 0.15) is 22.8 Å². The molecule has 0 spiro atoms. The summed E-state index contributed by atoms with van der Waals surface area (Å²) >= 11 is 0. The Labute approximate surface area is 133 Å². The van der Waals surface area contributed by atoms with Gasteiger partial charge in [-0.3, -0.25) is 4.68 Å². The summed E-state index contributed by atoms with van der Waals surface area (Å²) in [7, 11) is 0. The molecule has 4 heterocycles. The molecule has 7 heteroatoms. The quantitative estimate of drug-likeness (QED) is 0.766. The Morgan fingerprint density at radius 3 is 2.74 bits per heavy atom. The summed E-state index contributed by atoms with van der Waals surface area (Å²) in [6.45, 7) is 3.81. The number of esters is 1. The molecule has 2 aromatic heterocycles. The van der Waals surface area contributed by atoms with E-state index in [9.17, 15) is 4.79 Å². The number of carbonyl (C=O) groups is 1. The first-order chi connectivity index (χ1) is 11.3. The third-order valence-electron chi connectivity index (χ3n) is 5.15. The van der Waals surface area contributed by atoms with Crippen LogP contribution >= 0.6 is 0 Å². The molecular formula is C16H17N5O2. The molecule has 4 aliphatic rings. The van der Waals surface area contributed by atoms with E-state index in [1.165, 1.54) is 6.20 Å². The van der Waals surface area contributed by atoms with Gasteiger partial charge in [0, 0.05) is 36.7 Å². The summed E-state index contributed by atoms with van der Waals surface area (Å²) in [4.78, 5) is 23.0. The van der Waals surface area contributed by atoms with Gasteiger partial charge in [0.05, 0.1) is 24.9 Å². The second-order valence-electron chi connectivity index (χ2n) is 6.50. The van der Waals surface area contributed by atoms with Crippen molar-refractivity contribution in [1.82, 2.24) is 19.7 Å². The Morgan fingerprint density at radius 2 is 2.09 bits per heavy atom. The van der Waals surface area contributed by atoms with Crippen molar-refractivity contribution in [2.45, 2.75) is 19.5 Å². The molecule has 2 unspecified atom stereocenters. The zero-order valence-electron chi connectivity index (χ0n) is 12.8. The maximum Gasteiger partial charge on any atom is 0.341 e. The van der Waals surface area contributed by atoms with E-state index >= 15 is 0 Å². The van der Waals surface area contributed by atoms with E-state index in [2.05, 4.69) is 20.0 Å². The second kappa shape index (κ2) is 4.53. The van der Waals surface area contributed by atoms with E-state index < -0.39 is 0 Å². The standard InChI is InChI=1S/C16H17N5O2/c1-2-23-15(22)10-5-19-20(7-10)6-9-3-17-16(18-4-9)21-8-11-12-13(11)14(12)21/h3-5,7,11-14H,2,6,8H2,1H3. The van der Waals surface area contributed by atoms with E-state index in [0.717, 1.165) is 41.9 Å². The molecule has 2 saturated heterocycles. The van der Waals surface area contributed by atoms with Crippen molar-refractivity contribution in [1.29, 1.82) is 0 Å². The van der Waals surface area contributed by atoms with Gasteiger partial charge in [-0.25, -0.2) is 14.8 Å². The molecule has 2 aliphatic carbocycles. The first-order valence-electron chi connectivity index (χ1n) is 8.03. The number of hydrogen-bond donors (Lipinski definition) is 0. The van der Waals surface area contributed by atoms with Crippen LogP contribution in [0, 0.1) is 17.8 Å². The summed E-state index contributed by atoms with van der Waals surface area (Å²) in [5.41, 5.74) is 1.43. The van der Waals surface area contributed by atoms with Crippen molar-refractivity contribution in [3.05, 3.63) is 35.9 Å². The van der Waals surface area contributed by atoms with Crippen LogP contribution in [0.15, 0.2) is 24.8 Å². The number of rotatable bonds is 5. The van der Waals surface area contributed by atoms with E-state index in [1.807, 2.05) is 12.4 Å². The number of anilines is 1. The molecule has 2 aliphatic heterocycles. The Balaban J connectivity index is 1.26. The van der Waals surface area contributed by atoms with E-state index in [4.69, 9.17) is 4.74 Å². The highest BCUT2D eigenvalue weighted by atomic mass is 16.5. The van der Waals surface area contributed by atoms with Crippen LogP contribution < -0.4 is 4.90 Å². The minimum absolute atomic E-state index is 0.346. The Bertz CT molecular complexity index is 754. The largest absolute Gasteiger partial charge is 0.462 e. The summed E-state index contributed by atoms with van der Waals surface area (Å²) in [5.74, 6) is 3.32. The van der Waals surface area contributed by atoms with Crippen LogP contribution in [0.4, 0.5) is 5.95 Å². The normalized spacial score (nSPS) is 29.3. The van der Waals surface area contributed by atoms with Gasteiger partial charge in [-0.15, -0.1) is 0 Å². The van der Waals surface area contributed by atoms with Gasteiger partial charge < -0.3 is 9.64 Å². The topological polar surface area (TPSA) is 73.1 Å². The fourth-order valence-electron chi connectivity index (χ4n) is 3.89. The first-order valence-corrected chi connectivity index (χ1v) is 8.03. The first kappa shape index (κ1) is 13.0. The summed E-state index contributed by atoms with van der Waals surface area (Å²) in [6, 6.07) is 0.726. The van der Waals surface area contributed by atoms with Crippen molar-refractivity contribution in [3.63, 3.8) is 0 Å². The molecule has 0 aromatic carbocycles. The molecular weight excluding hydrogens is 294 g/mol. The van der Waals surface area contributed by atoms with E-state index in [-0.39, 0.29) is 5.97 Å². The smallest absolute Gasteiger partial charge is 0.341 e. The summed E-state index contributed by atoms with van der Waals surface area (Å²) < 4.78 is 6.65. The minimum atomic E-state index is -0.346. The van der Waals surface area contributed by atoms with Gasteiger partial charge >= 0.3 is 5.97 Å². The molecule has 0 radical (unpaired) electrons. The van der Waals surface area contributed by atoms with E-state index in [0.29, 0.717) is 18.7 Å². The monoisotopic (exact) mass is 311 g/mol. The van der Waals surface area contributed by atoms with Gasteiger partial charge in [-0.05, 0) is 24.7 Å². The summed E-state index contributed by atoms with van der Waals surface area (Å²) in [5, 5.41) is 4.19. The average molecular weight is 311 g/mol. The van der Waals surface area contributed by atoms with E-state index in [1.54, 1.807) is 17.8 Å². The van der Waals surface area contributed by atoms with Crippen LogP contribution in [0.25, 0.3) is 0 Å². The van der Waals surface area contributed by atoms with Crippen LogP contribution in [-0.4, -0.2) is 44.9 Å². The molecule has 0 amide bonds. The maximum atomic E-state index is 11.6. The number of piperidine rings is 1. The number of carbonyl (C=O) groups excluding carboxylic acids is 1. The third-order valence-corrected chi connectivity index (χ3v) is 5.15. The maximum absolute atomic E-state index is 11.6. The van der Waals surface area contributed by atoms with Crippen LogP contribution in [0.2, 0.25) is 0 Å². The highest BCUT2D eigenvalue weighted by Gasteiger charge is 2.81. The second-order valence-corrected chi connectivity index (χ2v) is 6.50. The predicted molar refractivity (Wildman–Crippen MR) is 80.9 cm³/mol. The highest BCUT2D eigenvalue weighted by molar-refractivity contribution is 5.88. The van der Waals surface area contributed by atoms with Crippen LogP contribution in [0.5, 0.6) is 0 Å². The fourth-order valence-corrected chi connectivity index (χ4v) is 3.89. The molecule has 0 N–H and O–H groups in total. The summed E-state index contributed by atoms with van der Waals surface area (Å²) in [6.07, 6.45) is 6.90. The van der Waals surface area contributed by atoms with Gasteiger partial charge in [0.1, 0.15) is 0 Å². The van der Waals surface area contributed by atoms with Gasteiger partial charge in [0.15, 0.2) is 0 Å². The lowest BCUT2D eigenvalue weighted by Crippen LogP contribution is -2.22. The third kappa shape index (κ3) is 1.95.